The third-order valence-corrected chi connectivity index (χ3v) is 8.28. The molecule has 1 N–H and O–H groups in total. The molecule has 0 saturated carbocycles. The minimum absolute atomic E-state index is 0.125. The molecule has 0 amide bonds. The number of benzene rings is 1. The molecule has 0 bridgehead atoms. The number of hydrogen-bond acceptors (Lipinski definition) is 6. The van der Waals surface area contributed by atoms with Gasteiger partial charge in [0.25, 0.3) is 6.47 Å². The van der Waals surface area contributed by atoms with E-state index in [-0.39, 0.29) is 23.7 Å². The number of carbonyl (C=O) groups is 1. The summed E-state index contributed by atoms with van der Waals surface area (Å²) in [4.78, 5) is 17.6. The van der Waals surface area contributed by atoms with Gasteiger partial charge in [-0.2, -0.15) is 0 Å². The van der Waals surface area contributed by atoms with Gasteiger partial charge in [-0.05, 0) is 32.1 Å². The van der Waals surface area contributed by atoms with Gasteiger partial charge in [-0.1, -0.05) is 26.0 Å². The zero-order valence-corrected chi connectivity index (χ0v) is 18.9. The molecule has 30 heavy (non-hydrogen) atoms. The zero-order valence-electron chi connectivity index (χ0n) is 18.1. The highest BCUT2D eigenvalue weighted by Crippen LogP contribution is 2.36. The molecule has 8 nitrogen and oxygen atoms in total. The Hall–Kier alpha value is -1.97. The van der Waals surface area contributed by atoms with E-state index in [0.29, 0.717) is 24.8 Å². The maximum atomic E-state index is 12.6. The maximum Gasteiger partial charge on any atom is 0.290 e. The summed E-state index contributed by atoms with van der Waals surface area (Å²) in [5.74, 6) is 2.07. The second-order valence-corrected chi connectivity index (χ2v) is 11.1. The molecule has 166 valence electrons. The molecule has 4 rings (SSSR count). The first kappa shape index (κ1) is 22.7. The van der Waals surface area contributed by atoms with Crippen molar-refractivity contribution in [3.05, 3.63) is 30.1 Å². The molecule has 2 aliphatic heterocycles. The van der Waals surface area contributed by atoms with E-state index in [0.717, 1.165) is 24.4 Å². The summed E-state index contributed by atoms with van der Waals surface area (Å²) in [5, 5.41) is 6.66. The predicted molar refractivity (Wildman–Crippen MR) is 117 cm³/mol. The third-order valence-electron chi connectivity index (χ3n) is 6.05. The molecule has 0 radical (unpaired) electrons. The Balaban J connectivity index is 0.000000806. The average molecular weight is 437 g/mol. The summed E-state index contributed by atoms with van der Waals surface area (Å²) in [7, 11) is 0.979. The smallest absolute Gasteiger partial charge is 0.290 e. The van der Waals surface area contributed by atoms with Crippen LogP contribution in [-0.2, 0) is 27.7 Å². The second kappa shape index (κ2) is 9.03. The molecule has 1 aromatic heterocycles. The van der Waals surface area contributed by atoms with Crippen LogP contribution in [0, 0.1) is 11.8 Å². The van der Waals surface area contributed by atoms with Gasteiger partial charge in [0.1, 0.15) is 5.82 Å². The monoisotopic (exact) mass is 436 g/mol. The minimum Gasteiger partial charge on any atom is -0.483 e. The maximum absolute atomic E-state index is 12.6. The van der Waals surface area contributed by atoms with Crippen LogP contribution < -0.4 is 0 Å². The normalized spacial score (nSPS) is 25.5. The van der Waals surface area contributed by atoms with Crippen LogP contribution in [0.1, 0.15) is 19.7 Å². The van der Waals surface area contributed by atoms with Crippen molar-refractivity contribution in [1.29, 1.82) is 0 Å². The van der Waals surface area contributed by atoms with Gasteiger partial charge in [0.05, 0.1) is 28.6 Å². The van der Waals surface area contributed by atoms with Crippen LogP contribution in [0.4, 0.5) is 0 Å². The molecule has 1 aromatic carbocycles. The largest absolute Gasteiger partial charge is 0.483 e. The Bertz CT molecular complexity index is 986. The molecule has 0 unspecified atom stereocenters. The summed E-state index contributed by atoms with van der Waals surface area (Å²) in [6.07, 6.45) is 0. The summed E-state index contributed by atoms with van der Waals surface area (Å²) in [5.41, 5.74) is 2.19. The summed E-state index contributed by atoms with van der Waals surface area (Å²) < 4.78 is 27.6. The van der Waals surface area contributed by atoms with Gasteiger partial charge >= 0.3 is 0 Å². The Morgan fingerprint density at radius 3 is 2.57 bits per heavy atom. The number of fused-ring (bicyclic) bond motifs is 2. The Kier molecular flexibility index (Phi) is 6.84. The number of aromatic nitrogens is 2. The first-order valence-electron chi connectivity index (χ1n) is 10.3. The quantitative estimate of drug-likeness (QED) is 0.711. The number of rotatable bonds is 5. The number of carboxylic acid groups (broad SMARTS) is 1. The zero-order chi connectivity index (χ0) is 22.1. The number of hydrogen-bond donors (Lipinski definition) is 1. The van der Waals surface area contributed by atoms with Gasteiger partial charge in [-0.25, -0.2) is 13.4 Å². The van der Waals surface area contributed by atoms with E-state index >= 15 is 0 Å². The highest BCUT2D eigenvalue weighted by atomic mass is 32.2. The van der Waals surface area contributed by atoms with Crippen LogP contribution in [0.15, 0.2) is 24.3 Å². The molecule has 2 aliphatic rings. The average Bonchev–Trinajstić information content (AvgIpc) is 3.29. The molecule has 2 saturated heterocycles. The first-order chi connectivity index (χ1) is 14.2. The first-order valence-corrected chi connectivity index (χ1v) is 12.0. The predicted octanol–water partition coefficient (Wildman–Crippen LogP) is 1.55. The molecular weight excluding hydrogens is 404 g/mol. The third kappa shape index (κ3) is 4.53. The summed E-state index contributed by atoms with van der Waals surface area (Å²) >= 11 is 0. The topological polar surface area (TPSA) is 95.7 Å². The highest BCUT2D eigenvalue weighted by Gasteiger charge is 2.52. The molecule has 3 atom stereocenters. The van der Waals surface area contributed by atoms with E-state index in [9.17, 15) is 8.42 Å². The van der Waals surface area contributed by atoms with Crippen molar-refractivity contribution < 1.29 is 18.3 Å². The van der Waals surface area contributed by atoms with Gasteiger partial charge in [-0.15, -0.1) is 0 Å². The van der Waals surface area contributed by atoms with Gasteiger partial charge in [0.15, 0.2) is 9.84 Å². The lowest BCUT2D eigenvalue weighted by Gasteiger charge is -2.25. The van der Waals surface area contributed by atoms with Crippen LogP contribution >= 0.6 is 0 Å². The van der Waals surface area contributed by atoms with Crippen molar-refractivity contribution in [3.63, 3.8) is 0 Å². The fraction of sp³-hybridized carbons (Fsp3) is 0.619. The Morgan fingerprint density at radius 1 is 1.27 bits per heavy atom. The minimum atomic E-state index is -3.01. The van der Waals surface area contributed by atoms with Gasteiger partial charge in [0.2, 0.25) is 0 Å². The highest BCUT2D eigenvalue weighted by molar-refractivity contribution is 7.92. The van der Waals surface area contributed by atoms with Crippen molar-refractivity contribution in [1.82, 2.24) is 19.4 Å². The molecule has 3 heterocycles. The number of nitrogens with zero attached hydrogens (tertiary/aromatic N) is 4. The van der Waals surface area contributed by atoms with E-state index in [1.165, 1.54) is 5.52 Å². The lowest BCUT2D eigenvalue weighted by atomic mass is 10.00. The fourth-order valence-corrected chi connectivity index (χ4v) is 7.30. The van der Waals surface area contributed by atoms with E-state index in [4.69, 9.17) is 14.9 Å². The van der Waals surface area contributed by atoms with Crippen LogP contribution in [0.2, 0.25) is 0 Å². The van der Waals surface area contributed by atoms with Gasteiger partial charge < -0.3 is 14.6 Å². The SMILES string of the molecule is CC(C)Cn1c(CN2C[C@H]3[C@H](N(C)C)CS(=O)(=O)[C@H]3C2)nc2ccccc21.O=CO. The van der Waals surface area contributed by atoms with Crippen molar-refractivity contribution in [3.8, 4) is 0 Å². The van der Waals surface area contributed by atoms with E-state index < -0.39 is 9.84 Å². The van der Waals surface area contributed by atoms with Crippen LogP contribution in [0.3, 0.4) is 0 Å². The molecule has 0 aliphatic carbocycles. The van der Waals surface area contributed by atoms with Crippen LogP contribution in [0.5, 0.6) is 0 Å². The van der Waals surface area contributed by atoms with E-state index in [1.54, 1.807) is 0 Å². The molecule has 0 spiro atoms. The number of para-hydroxylation sites is 2. The standard InChI is InChI=1S/C20H30N4O2S.CH2O2/c1-14(2)9-24-17-8-6-5-7-16(17)21-20(24)12-23-10-15-18(22(3)4)13-27(25,26)19(15)11-23;2-1-3/h5-8,14-15,18-19H,9-13H2,1-4H3;1H,(H,2,3)/t15-,18+,19-;/m0./s1. The van der Waals surface area contributed by atoms with Crippen molar-refractivity contribution in [2.45, 2.75) is 38.2 Å². The van der Waals surface area contributed by atoms with Crippen molar-refractivity contribution in [2.75, 3.05) is 32.9 Å². The second-order valence-electron chi connectivity index (χ2n) is 8.88. The lowest BCUT2D eigenvalue weighted by molar-refractivity contribution is -0.122. The number of sulfone groups is 1. The molecule has 2 fully saturated rings. The molecular formula is C21H32N4O4S. The number of imidazole rings is 1. The Morgan fingerprint density at radius 2 is 1.93 bits per heavy atom. The molecule has 2 aromatic rings. The summed E-state index contributed by atoms with van der Waals surface area (Å²) in [6.45, 7) is 7.28. The van der Waals surface area contributed by atoms with Crippen molar-refractivity contribution in [2.24, 2.45) is 11.8 Å². The van der Waals surface area contributed by atoms with Gasteiger partial charge in [-0.3, -0.25) is 9.69 Å². The van der Waals surface area contributed by atoms with E-state index in [2.05, 4.69) is 46.4 Å². The Labute approximate surface area is 178 Å². The van der Waals surface area contributed by atoms with E-state index in [1.807, 2.05) is 20.2 Å². The van der Waals surface area contributed by atoms with Crippen LogP contribution in [0.25, 0.3) is 11.0 Å². The molecule has 9 heteroatoms. The van der Waals surface area contributed by atoms with Gasteiger partial charge in [0, 0.05) is 31.6 Å². The van der Waals surface area contributed by atoms with Crippen molar-refractivity contribution >= 4 is 27.3 Å². The number of likely N-dealkylation sites (tertiary alicyclic amines) is 1. The lowest BCUT2D eigenvalue weighted by Crippen LogP contribution is -2.37. The van der Waals surface area contributed by atoms with Crippen LogP contribution in [-0.4, -0.2) is 83.6 Å². The summed E-state index contributed by atoms with van der Waals surface area (Å²) in [6, 6.07) is 8.38. The fourth-order valence-electron chi connectivity index (χ4n) is 4.79.